The lowest BCUT2D eigenvalue weighted by atomic mass is 10.1. The van der Waals surface area contributed by atoms with Crippen molar-refractivity contribution in [3.05, 3.63) is 59.4 Å². The molecule has 144 valence electrons. The van der Waals surface area contributed by atoms with Crippen molar-refractivity contribution in [1.29, 1.82) is 0 Å². The molecule has 1 amide bonds. The molecule has 0 N–H and O–H groups in total. The van der Waals surface area contributed by atoms with E-state index < -0.39 is 0 Å². The molecule has 1 aliphatic heterocycles. The fourth-order valence-electron chi connectivity index (χ4n) is 3.24. The van der Waals surface area contributed by atoms with E-state index in [0.717, 1.165) is 17.0 Å². The minimum atomic E-state index is -0.142. The van der Waals surface area contributed by atoms with Crippen LogP contribution in [0, 0.1) is 0 Å². The SMILES string of the molecule is CC(C)Oc1ccc(-c2noc(C3CC(=O)N(c4cccc(Cl)c4)C3)n2)cc1. The minimum Gasteiger partial charge on any atom is -0.491 e. The van der Waals surface area contributed by atoms with Gasteiger partial charge >= 0.3 is 0 Å². The van der Waals surface area contributed by atoms with E-state index in [4.69, 9.17) is 20.9 Å². The summed E-state index contributed by atoms with van der Waals surface area (Å²) in [6.45, 7) is 4.45. The van der Waals surface area contributed by atoms with Gasteiger partial charge in [-0.05, 0) is 56.3 Å². The second kappa shape index (κ2) is 7.64. The Hall–Kier alpha value is -2.86. The Morgan fingerprint density at radius 3 is 2.71 bits per heavy atom. The number of hydrogen-bond acceptors (Lipinski definition) is 5. The molecule has 1 aromatic heterocycles. The average molecular weight is 398 g/mol. The Bertz CT molecular complexity index is 985. The van der Waals surface area contributed by atoms with Gasteiger partial charge in [0.15, 0.2) is 0 Å². The topological polar surface area (TPSA) is 68.5 Å². The highest BCUT2D eigenvalue weighted by atomic mass is 35.5. The van der Waals surface area contributed by atoms with Gasteiger partial charge in [0, 0.05) is 29.2 Å². The zero-order chi connectivity index (χ0) is 19.7. The van der Waals surface area contributed by atoms with Crippen LogP contribution < -0.4 is 9.64 Å². The van der Waals surface area contributed by atoms with Gasteiger partial charge in [0.2, 0.25) is 17.6 Å². The first kappa shape index (κ1) is 18.5. The fourth-order valence-corrected chi connectivity index (χ4v) is 3.42. The summed E-state index contributed by atoms with van der Waals surface area (Å²) >= 11 is 6.05. The molecule has 0 aliphatic carbocycles. The minimum absolute atomic E-state index is 0.0159. The number of hydrogen-bond donors (Lipinski definition) is 0. The zero-order valence-corrected chi connectivity index (χ0v) is 16.4. The summed E-state index contributed by atoms with van der Waals surface area (Å²) in [7, 11) is 0. The van der Waals surface area contributed by atoms with Gasteiger partial charge in [-0.3, -0.25) is 4.79 Å². The van der Waals surface area contributed by atoms with Crippen molar-refractivity contribution >= 4 is 23.2 Å². The van der Waals surface area contributed by atoms with Crippen molar-refractivity contribution in [2.75, 3.05) is 11.4 Å². The Kier molecular flexibility index (Phi) is 5.05. The molecule has 2 aromatic carbocycles. The number of ether oxygens (including phenoxy) is 1. The van der Waals surface area contributed by atoms with Crippen LogP contribution in [0.25, 0.3) is 11.4 Å². The van der Waals surface area contributed by atoms with Gasteiger partial charge in [-0.25, -0.2) is 0 Å². The third-order valence-electron chi connectivity index (χ3n) is 4.52. The summed E-state index contributed by atoms with van der Waals surface area (Å²) in [5, 5.41) is 4.68. The molecule has 0 bridgehead atoms. The summed E-state index contributed by atoms with van der Waals surface area (Å²) in [5.74, 6) is 1.63. The number of anilines is 1. The molecule has 0 radical (unpaired) electrons. The number of benzene rings is 2. The largest absolute Gasteiger partial charge is 0.491 e. The monoisotopic (exact) mass is 397 g/mol. The molecule has 6 nitrogen and oxygen atoms in total. The van der Waals surface area contributed by atoms with E-state index in [-0.39, 0.29) is 17.9 Å². The van der Waals surface area contributed by atoms with E-state index in [2.05, 4.69) is 10.1 Å². The van der Waals surface area contributed by atoms with Crippen molar-refractivity contribution in [2.24, 2.45) is 0 Å². The maximum absolute atomic E-state index is 12.5. The summed E-state index contributed by atoms with van der Waals surface area (Å²) < 4.78 is 11.1. The third kappa shape index (κ3) is 3.87. The number of nitrogens with zero attached hydrogens (tertiary/aromatic N) is 3. The molecule has 0 spiro atoms. The Labute approximate surface area is 168 Å². The van der Waals surface area contributed by atoms with Gasteiger partial charge in [0.25, 0.3) is 0 Å². The summed E-state index contributed by atoms with van der Waals surface area (Å²) in [4.78, 5) is 18.7. The molecule has 1 aliphatic rings. The van der Waals surface area contributed by atoms with Crippen LogP contribution in [0.3, 0.4) is 0 Å². The third-order valence-corrected chi connectivity index (χ3v) is 4.76. The Balaban J connectivity index is 1.49. The Morgan fingerprint density at radius 2 is 2.00 bits per heavy atom. The summed E-state index contributed by atoms with van der Waals surface area (Å²) in [6, 6.07) is 14.8. The van der Waals surface area contributed by atoms with Crippen LogP contribution in [0.5, 0.6) is 5.75 Å². The summed E-state index contributed by atoms with van der Waals surface area (Å²) in [5.41, 5.74) is 1.61. The summed E-state index contributed by atoms with van der Waals surface area (Å²) in [6.07, 6.45) is 0.444. The normalized spacial score (nSPS) is 16.8. The molecule has 1 saturated heterocycles. The molecular formula is C21H20ClN3O3. The van der Waals surface area contributed by atoms with Crippen molar-refractivity contribution in [1.82, 2.24) is 10.1 Å². The van der Waals surface area contributed by atoms with Crippen molar-refractivity contribution in [2.45, 2.75) is 32.3 Å². The second-order valence-corrected chi connectivity index (χ2v) is 7.47. The van der Waals surface area contributed by atoms with Gasteiger partial charge in [-0.2, -0.15) is 4.98 Å². The van der Waals surface area contributed by atoms with Crippen molar-refractivity contribution in [3.8, 4) is 17.1 Å². The van der Waals surface area contributed by atoms with E-state index in [1.165, 1.54) is 0 Å². The number of rotatable bonds is 5. The van der Waals surface area contributed by atoms with Crippen LogP contribution in [-0.2, 0) is 4.79 Å². The predicted molar refractivity (Wildman–Crippen MR) is 107 cm³/mol. The lowest BCUT2D eigenvalue weighted by Crippen LogP contribution is -2.24. The average Bonchev–Trinajstić information content (AvgIpc) is 3.29. The second-order valence-electron chi connectivity index (χ2n) is 7.03. The zero-order valence-electron chi connectivity index (χ0n) is 15.6. The smallest absolute Gasteiger partial charge is 0.232 e. The van der Waals surface area contributed by atoms with Gasteiger partial charge in [-0.15, -0.1) is 0 Å². The molecular weight excluding hydrogens is 378 g/mol. The van der Waals surface area contributed by atoms with Gasteiger partial charge in [0.05, 0.1) is 12.0 Å². The first-order valence-corrected chi connectivity index (χ1v) is 9.54. The number of amides is 1. The van der Waals surface area contributed by atoms with E-state index in [9.17, 15) is 4.79 Å². The number of carbonyl (C=O) groups excluding carboxylic acids is 1. The van der Waals surface area contributed by atoms with Crippen LogP contribution >= 0.6 is 11.6 Å². The number of aromatic nitrogens is 2. The van der Waals surface area contributed by atoms with Crippen LogP contribution in [0.1, 0.15) is 32.1 Å². The number of halogens is 1. The Morgan fingerprint density at radius 1 is 1.21 bits per heavy atom. The molecule has 1 unspecified atom stereocenters. The van der Waals surface area contributed by atoms with Crippen LogP contribution in [0.4, 0.5) is 5.69 Å². The van der Waals surface area contributed by atoms with Gasteiger partial charge in [0.1, 0.15) is 5.75 Å². The van der Waals surface area contributed by atoms with E-state index in [0.29, 0.717) is 29.7 Å². The molecule has 1 fully saturated rings. The molecule has 7 heteroatoms. The fraction of sp³-hybridized carbons (Fsp3) is 0.286. The first-order valence-electron chi connectivity index (χ1n) is 9.16. The standard InChI is InChI=1S/C21H20ClN3O3/c1-13(2)27-18-8-6-14(7-9-18)20-23-21(28-24-20)15-10-19(26)25(12-15)17-5-3-4-16(22)11-17/h3-9,11,13,15H,10,12H2,1-2H3. The quantitative estimate of drug-likeness (QED) is 0.624. The molecule has 28 heavy (non-hydrogen) atoms. The van der Waals surface area contributed by atoms with E-state index in [1.54, 1.807) is 17.0 Å². The molecule has 2 heterocycles. The lowest BCUT2D eigenvalue weighted by molar-refractivity contribution is -0.117. The lowest BCUT2D eigenvalue weighted by Gasteiger charge is -2.16. The maximum atomic E-state index is 12.5. The molecule has 4 rings (SSSR count). The van der Waals surface area contributed by atoms with Crippen LogP contribution in [0.15, 0.2) is 53.1 Å². The predicted octanol–water partition coefficient (Wildman–Crippen LogP) is 4.70. The van der Waals surface area contributed by atoms with Gasteiger partial charge < -0.3 is 14.2 Å². The first-order chi connectivity index (χ1) is 13.5. The molecule has 3 aromatic rings. The van der Waals surface area contributed by atoms with Crippen LogP contribution in [0.2, 0.25) is 5.02 Å². The van der Waals surface area contributed by atoms with Crippen molar-refractivity contribution < 1.29 is 14.1 Å². The highest BCUT2D eigenvalue weighted by Gasteiger charge is 2.35. The highest BCUT2D eigenvalue weighted by molar-refractivity contribution is 6.30. The maximum Gasteiger partial charge on any atom is 0.232 e. The van der Waals surface area contributed by atoms with Crippen molar-refractivity contribution in [3.63, 3.8) is 0 Å². The highest BCUT2D eigenvalue weighted by Crippen LogP contribution is 2.33. The molecule has 1 atom stereocenters. The van der Waals surface area contributed by atoms with Crippen LogP contribution in [-0.4, -0.2) is 28.7 Å². The van der Waals surface area contributed by atoms with Gasteiger partial charge in [-0.1, -0.05) is 22.8 Å². The van der Waals surface area contributed by atoms with E-state index in [1.807, 2.05) is 50.2 Å². The number of carbonyl (C=O) groups is 1. The van der Waals surface area contributed by atoms with E-state index >= 15 is 0 Å². The molecule has 0 saturated carbocycles.